The molecule has 1 aliphatic heterocycles. The smallest absolute Gasteiger partial charge is 0.118 e. The minimum atomic E-state index is 0.0779. The van der Waals surface area contributed by atoms with Crippen LogP contribution in [-0.4, -0.2) is 42.6 Å². The minimum absolute atomic E-state index is 0.0779. The van der Waals surface area contributed by atoms with E-state index in [1.807, 2.05) is 12.2 Å². The standard InChI is InChI=1S/C24H42N4/c1-22(2,3)10-9-20(25)7-8-21(26)27-18-19-17-24(19)12-15-28(16-13-24)14-11-23(4,5)6/h7-10,19,25H,11-18H2,1-6H3,(H2,26,27)/b8-7-,10-9+,25-20?. The monoisotopic (exact) mass is 386 g/mol. The molecule has 0 aromatic carbocycles. The number of piperidine rings is 1. The van der Waals surface area contributed by atoms with E-state index in [1.165, 1.54) is 45.3 Å². The van der Waals surface area contributed by atoms with E-state index in [0.717, 1.165) is 6.54 Å². The third kappa shape index (κ3) is 7.90. The molecule has 2 fully saturated rings. The molecule has 1 aliphatic carbocycles. The summed E-state index contributed by atoms with van der Waals surface area (Å²) in [5.74, 6) is 1.13. The van der Waals surface area contributed by atoms with Crippen LogP contribution >= 0.6 is 0 Å². The Kier molecular flexibility index (Phi) is 7.30. The Morgan fingerprint density at radius 2 is 1.68 bits per heavy atom. The van der Waals surface area contributed by atoms with Crippen molar-refractivity contribution in [3.05, 3.63) is 24.3 Å². The van der Waals surface area contributed by atoms with Crippen LogP contribution in [0, 0.1) is 33.0 Å². The van der Waals surface area contributed by atoms with Gasteiger partial charge in [0.15, 0.2) is 0 Å². The van der Waals surface area contributed by atoms with Crippen LogP contribution in [0.3, 0.4) is 0 Å². The Morgan fingerprint density at radius 3 is 2.25 bits per heavy atom. The average molecular weight is 387 g/mol. The lowest BCUT2D eigenvalue weighted by atomic mass is 9.88. The first-order valence-electron chi connectivity index (χ1n) is 10.9. The predicted molar refractivity (Wildman–Crippen MR) is 121 cm³/mol. The van der Waals surface area contributed by atoms with Crippen LogP contribution in [0.5, 0.6) is 0 Å². The van der Waals surface area contributed by atoms with Gasteiger partial charge in [-0.3, -0.25) is 5.41 Å². The molecule has 3 N–H and O–H groups in total. The van der Waals surface area contributed by atoms with Crippen LogP contribution in [-0.2, 0) is 0 Å². The van der Waals surface area contributed by atoms with Crippen LogP contribution in [0.25, 0.3) is 0 Å². The summed E-state index contributed by atoms with van der Waals surface area (Å²) in [5, 5.41) is 19.3. The number of allylic oxidation sites excluding steroid dienone is 3. The largest absolute Gasteiger partial charge is 0.370 e. The summed E-state index contributed by atoms with van der Waals surface area (Å²) in [4.78, 5) is 2.64. The van der Waals surface area contributed by atoms with E-state index < -0.39 is 0 Å². The molecule has 0 radical (unpaired) electrons. The molecular weight excluding hydrogens is 344 g/mol. The molecule has 158 valence electrons. The Bertz CT molecular complexity index is 607. The Balaban J connectivity index is 1.66. The Morgan fingerprint density at radius 1 is 1.04 bits per heavy atom. The molecule has 2 rings (SSSR count). The predicted octanol–water partition coefficient (Wildman–Crippen LogP) is 5.27. The second kappa shape index (κ2) is 8.94. The van der Waals surface area contributed by atoms with Crippen molar-refractivity contribution >= 4 is 11.5 Å². The highest BCUT2D eigenvalue weighted by atomic mass is 15.1. The fourth-order valence-corrected chi connectivity index (χ4v) is 3.91. The summed E-state index contributed by atoms with van der Waals surface area (Å²) in [7, 11) is 0. The van der Waals surface area contributed by atoms with E-state index in [1.54, 1.807) is 12.2 Å². The van der Waals surface area contributed by atoms with Crippen LogP contribution in [0.15, 0.2) is 24.3 Å². The quantitative estimate of drug-likeness (QED) is 0.412. The van der Waals surface area contributed by atoms with Crippen molar-refractivity contribution in [1.29, 1.82) is 10.8 Å². The lowest BCUT2D eigenvalue weighted by Crippen LogP contribution is -2.37. The van der Waals surface area contributed by atoms with Crippen LogP contribution in [0.2, 0.25) is 0 Å². The van der Waals surface area contributed by atoms with Gasteiger partial charge in [0, 0.05) is 6.54 Å². The van der Waals surface area contributed by atoms with Gasteiger partial charge in [0.25, 0.3) is 0 Å². The molecule has 4 heteroatoms. The van der Waals surface area contributed by atoms with E-state index in [-0.39, 0.29) is 5.41 Å². The van der Waals surface area contributed by atoms with E-state index in [2.05, 4.69) is 51.8 Å². The van der Waals surface area contributed by atoms with Gasteiger partial charge in [-0.05, 0) is 85.7 Å². The lowest BCUT2D eigenvalue weighted by Gasteiger charge is -2.34. The van der Waals surface area contributed by atoms with Crippen LogP contribution < -0.4 is 5.32 Å². The molecule has 0 aromatic rings. The lowest BCUT2D eigenvalue weighted by molar-refractivity contribution is 0.146. The number of nitrogens with zero attached hydrogens (tertiary/aromatic N) is 1. The van der Waals surface area contributed by atoms with Crippen molar-refractivity contribution in [2.75, 3.05) is 26.2 Å². The molecule has 1 saturated carbocycles. The summed E-state index contributed by atoms with van der Waals surface area (Å²) in [6.07, 6.45) is 12.5. The maximum atomic E-state index is 8.08. The molecule has 1 heterocycles. The number of rotatable bonds is 7. The maximum absolute atomic E-state index is 8.08. The first-order valence-corrected chi connectivity index (χ1v) is 10.9. The zero-order valence-corrected chi connectivity index (χ0v) is 19.0. The van der Waals surface area contributed by atoms with Gasteiger partial charge in [-0.1, -0.05) is 47.6 Å². The van der Waals surface area contributed by atoms with Crippen molar-refractivity contribution in [2.45, 2.75) is 67.2 Å². The molecule has 0 amide bonds. The summed E-state index contributed by atoms with van der Waals surface area (Å²) < 4.78 is 0. The van der Waals surface area contributed by atoms with E-state index >= 15 is 0 Å². The first-order chi connectivity index (χ1) is 12.9. The third-order valence-corrected chi connectivity index (χ3v) is 6.12. The molecule has 1 atom stereocenters. The number of hydrogen-bond donors (Lipinski definition) is 3. The molecule has 2 aliphatic rings. The summed E-state index contributed by atoms with van der Waals surface area (Å²) >= 11 is 0. The normalized spacial score (nSPS) is 22.9. The molecular formula is C24H42N4. The highest BCUT2D eigenvalue weighted by molar-refractivity contribution is 6.05. The van der Waals surface area contributed by atoms with Crippen molar-refractivity contribution in [3.63, 3.8) is 0 Å². The molecule has 4 nitrogen and oxygen atoms in total. The maximum Gasteiger partial charge on any atom is 0.118 e. The van der Waals surface area contributed by atoms with E-state index in [0.29, 0.717) is 28.3 Å². The first kappa shape index (κ1) is 22.9. The number of nitrogens with one attached hydrogen (secondary N) is 3. The van der Waals surface area contributed by atoms with E-state index in [4.69, 9.17) is 10.8 Å². The zero-order chi connectivity index (χ0) is 21.0. The van der Waals surface area contributed by atoms with Gasteiger partial charge in [0.1, 0.15) is 5.84 Å². The molecule has 0 aromatic heterocycles. The second-order valence-electron chi connectivity index (χ2n) is 11.2. The molecule has 1 unspecified atom stereocenters. The van der Waals surface area contributed by atoms with Crippen molar-refractivity contribution in [3.8, 4) is 0 Å². The summed E-state index contributed by atoms with van der Waals surface area (Å²) in [6.45, 7) is 17.9. The van der Waals surface area contributed by atoms with Crippen molar-refractivity contribution < 1.29 is 0 Å². The third-order valence-electron chi connectivity index (χ3n) is 6.12. The Labute approximate surface area is 172 Å². The SMILES string of the molecule is CC(C)(C)/C=C/C(=N)/C=C\C(=N)NCC1CC12CCN(CCC(C)(C)C)CC2. The fraction of sp³-hybridized carbons (Fsp3) is 0.750. The van der Waals surface area contributed by atoms with Gasteiger partial charge in [0.05, 0.1) is 5.71 Å². The number of hydrogen-bond acceptors (Lipinski definition) is 3. The summed E-state index contributed by atoms with van der Waals surface area (Å²) in [5.41, 5.74) is 1.48. The van der Waals surface area contributed by atoms with Gasteiger partial charge < -0.3 is 15.6 Å². The minimum Gasteiger partial charge on any atom is -0.370 e. The number of likely N-dealkylation sites (tertiary alicyclic amines) is 1. The van der Waals surface area contributed by atoms with Gasteiger partial charge in [-0.15, -0.1) is 0 Å². The second-order valence-corrected chi connectivity index (χ2v) is 11.2. The molecule has 1 spiro atoms. The topological polar surface area (TPSA) is 63.0 Å². The van der Waals surface area contributed by atoms with Gasteiger partial charge in [-0.25, -0.2) is 0 Å². The fourth-order valence-electron chi connectivity index (χ4n) is 3.91. The highest BCUT2D eigenvalue weighted by Gasteiger charge is 2.54. The molecule has 28 heavy (non-hydrogen) atoms. The molecule has 0 bridgehead atoms. The highest BCUT2D eigenvalue weighted by Crippen LogP contribution is 2.59. The average Bonchev–Trinajstić information content (AvgIpc) is 3.26. The number of amidine groups is 1. The zero-order valence-electron chi connectivity index (χ0n) is 19.0. The van der Waals surface area contributed by atoms with Gasteiger partial charge >= 0.3 is 0 Å². The van der Waals surface area contributed by atoms with Crippen LogP contribution in [0.4, 0.5) is 0 Å². The van der Waals surface area contributed by atoms with E-state index in [9.17, 15) is 0 Å². The van der Waals surface area contributed by atoms with Gasteiger partial charge in [0.2, 0.25) is 0 Å². The van der Waals surface area contributed by atoms with Gasteiger partial charge in [-0.2, -0.15) is 0 Å². The Hall–Kier alpha value is -1.42. The van der Waals surface area contributed by atoms with Crippen molar-refractivity contribution in [2.24, 2.45) is 22.2 Å². The molecule has 1 saturated heterocycles. The summed E-state index contributed by atoms with van der Waals surface area (Å²) in [6, 6.07) is 0. The van der Waals surface area contributed by atoms with Crippen LogP contribution in [0.1, 0.15) is 67.2 Å². The van der Waals surface area contributed by atoms with Crippen molar-refractivity contribution in [1.82, 2.24) is 10.2 Å².